The van der Waals surface area contributed by atoms with Crippen LogP contribution in [0.2, 0.25) is 0 Å². The van der Waals surface area contributed by atoms with Gasteiger partial charge < -0.3 is 4.74 Å². The molecule has 0 spiro atoms. The lowest BCUT2D eigenvalue weighted by Gasteiger charge is -2.20. The maximum Gasteiger partial charge on any atom is 0.248 e. The average molecular weight is 288 g/mol. The van der Waals surface area contributed by atoms with Crippen molar-refractivity contribution in [3.8, 4) is 5.75 Å². The van der Waals surface area contributed by atoms with Crippen molar-refractivity contribution in [3.05, 3.63) is 29.6 Å². The van der Waals surface area contributed by atoms with Crippen LogP contribution >= 0.6 is 0 Å². The molecular formula is C14H19F3N2O. The van der Waals surface area contributed by atoms with Crippen LogP contribution in [0.5, 0.6) is 5.75 Å². The summed E-state index contributed by atoms with van der Waals surface area (Å²) >= 11 is 0. The van der Waals surface area contributed by atoms with E-state index in [4.69, 9.17) is 10.6 Å². The third-order valence-corrected chi connectivity index (χ3v) is 3.85. The SMILES string of the molecule is COc1ccc(C(CC2CCC(F)(F)C2)NN)cc1F. The Balaban J connectivity index is 2.07. The fourth-order valence-corrected chi connectivity index (χ4v) is 2.78. The van der Waals surface area contributed by atoms with Crippen molar-refractivity contribution >= 4 is 0 Å². The van der Waals surface area contributed by atoms with E-state index in [9.17, 15) is 13.2 Å². The number of benzene rings is 1. The van der Waals surface area contributed by atoms with Gasteiger partial charge in [0.15, 0.2) is 11.6 Å². The van der Waals surface area contributed by atoms with Gasteiger partial charge in [-0.2, -0.15) is 0 Å². The van der Waals surface area contributed by atoms with E-state index < -0.39 is 11.7 Å². The van der Waals surface area contributed by atoms with Crippen molar-refractivity contribution in [1.29, 1.82) is 0 Å². The second-order valence-corrected chi connectivity index (χ2v) is 5.31. The molecule has 0 saturated heterocycles. The highest BCUT2D eigenvalue weighted by Crippen LogP contribution is 2.42. The molecule has 3 N–H and O–H groups in total. The van der Waals surface area contributed by atoms with Crippen LogP contribution in [0.3, 0.4) is 0 Å². The molecule has 0 aromatic heterocycles. The lowest BCUT2D eigenvalue weighted by Crippen LogP contribution is -2.29. The van der Waals surface area contributed by atoms with Crippen LogP contribution in [0, 0.1) is 11.7 Å². The molecule has 3 nitrogen and oxygen atoms in total. The van der Waals surface area contributed by atoms with Crippen LogP contribution < -0.4 is 16.0 Å². The molecule has 0 aliphatic heterocycles. The number of ether oxygens (including phenoxy) is 1. The number of rotatable bonds is 5. The van der Waals surface area contributed by atoms with E-state index in [0.717, 1.165) is 0 Å². The Hall–Kier alpha value is -1.27. The largest absolute Gasteiger partial charge is 0.494 e. The summed E-state index contributed by atoms with van der Waals surface area (Å²) < 4.78 is 44.9. The molecule has 1 fully saturated rings. The fraction of sp³-hybridized carbons (Fsp3) is 0.571. The minimum absolute atomic E-state index is 0.0774. The van der Waals surface area contributed by atoms with Crippen molar-refractivity contribution < 1.29 is 17.9 Å². The maximum absolute atomic E-state index is 13.7. The van der Waals surface area contributed by atoms with Crippen LogP contribution in [0.15, 0.2) is 18.2 Å². The second kappa shape index (κ2) is 6.01. The lowest BCUT2D eigenvalue weighted by molar-refractivity contribution is 0.00430. The lowest BCUT2D eigenvalue weighted by atomic mass is 9.93. The van der Waals surface area contributed by atoms with Crippen molar-refractivity contribution in [2.75, 3.05) is 7.11 Å². The molecule has 2 atom stereocenters. The first-order chi connectivity index (χ1) is 9.45. The monoisotopic (exact) mass is 288 g/mol. The van der Waals surface area contributed by atoms with Gasteiger partial charge in [-0.15, -0.1) is 0 Å². The van der Waals surface area contributed by atoms with Gasteiger partial charge in [0, 0.05) is 18.9 Å². The van der Waals surface area contributed by atoms with Crippen molar-refractivity contribution in [3.63, 3.8) is 0 Å². The van der Waals surface area contributed by atoms with Crippen LogP contribution in [-0.2, 0) is 0 Å². The standard InChI is InChI=1S/C14H19F3N2O/c1-20-13-3-2-10(7-11(13)15)12(19-18)6-9-4-5-14(16,17)8-9/h2-3,7,9,12,19H,4-6,8,18H2,1H3. The number of hydrogen-bond donors (Lipinski definition) is 2. The Morgan fingerprint density at radius 1 is 1.50 bits per heavy atom. The van der Waals surface area contributed by atoms with Gasteiger partial charge in [-0.05, 0) is 36.5 Å². The first kappa shape index (κ1) is 15.1. The molecular weight excluding hydrogens is 269 g/mol. The van der Waals surface area contributed by atoms with Gasteiger partial charge in [-0.25, -0.2) is 13.2 Å². The highest BCUT2D eigenvalue weighted by atomic mass is 19.3. The third kappa shape index (κ3) is 3.43. The highest BCUT2D eigenvalue weighted by molar-refractivity contribution is 5.31. The predicted octanol–water partition coefficient (Wildman–Crippen LogP) is 3.16. The van der Waals surface area contributed by atoms with Crippen LogP contribution in [0.4, 0.5) is 13.2 Å². The molecule has 1 aromatic rings. The first-order valence-corrected chi connectivity index (χ1v) is 6.62. The van der Waals surface area contributed by atoms with Crippen molar-refractivity contribution in [2.24, 2.45) is 11.8 Å². The highest BCUT2D eigenvalue weighted by Gasteiger charge is 2.40. The quantitative estimate of drug-likeness (QED) is 0.646. The molecule has 0 bridgehead atoms. The van der Waals surface area contributed by atoms with Gasteiger partial charge >= 0.3 is 0 Å². The molecule has 1 aliphatic carbocycles. The van der Waals surface area contributed by atoms with Crippen molar-refractivity contribution in [1.82, 2.24) is 5.43 Å². The van der Waals surface area contributed by atoms with E-state index in [1.807, 2.05) is 0 Å². The maximum atomic E-state index is 13.7. The Morgan fingerprint density at radius 2 is 2.25 bits per heavy atom. The summed E-state index contributed by atoms with van der Waals surface area (Å²) in [4.78, 5) is 0. The molecule has 2 unspecified atom stereocenters. The zero-order valence-electron chi connectivity index (χ0n) is 11.3. The molecule has 1 aliphatic rings. The zero-order chi connectivity index (χ0) is 14.8. The molecule has 2 rings (SSSR count). The minimum atomic E-state index is -2.57. The van der Waals surface area contributed by atoms with E-state index in [1.54, 1.807) is 6.07 Å². The Kier molecular flexibility index (Phi) is 4.55. The summed E-state index contributed by atoms with van der Waals surface area (Å²) in [6, 6.07) is 4.20. The molecule has 112 valence electrons. The summed E-state index contributed by atoms with van der Waals surface area (Å²) in [7, 11) is 1.39. The average Bonchev–Trinajstić information content (AvgIpc) is 2.75. The van der Waals surface area contributed by atoms with Gasteiger partial charge in [-0.3, -0.25) is 11.3 Å². The zero-order valence-corrected chi connectivity index (χ0v) is 11.3. The molecule has 0 heterocycles. The smallest absolute Gasteiger partial charge is 0.248 e. The van der Waals surface area contributed by atoms with E-state index in [2.05, 4.69) is 5.43 Å². The summed E-state index contributed by atoms with van der Waals surface area (Å²) in [5.41, 5.74) is 3.22. The second-order valence-electron chi connectivity index (χ2n) is 5.31. The number of halogens is 3. The van der Waals surface area contributed by atoms with Gasteiger partial charge in [0.25, 0.3) is 0 Å². The Bertz CT molecular complexity index is 468. The summed E-state index contributed by atoms with van der Waals surface area (Å²) in [6.45, 7) is 0. The van der Waals surface area contributed by atoms with Crippen LogP contribution in [0.1, 0.15) is 37.3 Å². The van der Waals surface area contributed by atoms with Gasteiger partial charge in [0.2, 0.25) is 5.92 Å². The molecule has 20 heavy (non-hydrogen) atoms. The van der Waals surface area contributed by atoms with Crippen LogP contribution in [-0.4, -0.2) is 13.0 Å². The van der Waals surface area contributed by atoms with E-state index in [0.29, 0.717) is 18.4 Å². The van der Waals surface area contributed by atoms with E-state index in [-0.39, 0.29) is 30.6 Å². The number of hydrogen-bond acceptors (Lipinski definition) is 3. The van der Waals surface area contributed by atoms with Gasteiger partial charge in [-0.1, -0.05) is 6.07 Å². The topological polar surface area (TPSA) is 47.3 Å². The number of alkyl halides is 2. The summed E-state index contributed by atoms with van der Waals surface area (Å²) in [6.07, 6.45) is 0.747. The van der Waals surface area contributed by atoms with Gasteiger partial charge in [0.1, 0.15) is 0 Å². The van der Waals surface area contributed by atoms with Crippen molar-refractivity contribution in [2.45, 2.75) is 37.6 Å². The van der Waals surface area contributed by atoms with Gasteiger partial charge in [0.05, 0.1) is 7.11 Å². The van der Waals surface area contributed by atoms with E-state index in [1.165, 1.54) is 19.2 Å². The Morgan fingerprint density at radius 3 is 2.75 bits per heavy atom. The third-order valence-electron chi connectivity index (χ3n) is 3.85. The Labute approximate surface area is 116 Å². The van der Waals surface area contributed by atoms with Crippen LogP contribution in [0.25, 0.3) is 0 Å². The number of hydrazine groups is 1. The van der Waals surface area contributed by atoms with E-state index >= 15 is 0 Å². The molecule has 6 heteroatoms. The molecule has 1 saturated carbocycles. The number of methoxy groups -OCH3 is 1. The molecule has 1 aromatic carbocycles. The summed E-state index contributed by atoms with van der Waals surface area (Å²) in [5.74, 6) is 2.47. The summed E-state index contributed by atoms with van der Waals surface area (Å²) in [5, 5.41) is 0. The minimum Gasteiger partial charge on any atom is -0.494 e. The number of nitrogens with one attached hydrogen (secondary N) is 1. The number of nitrogens with two attached hydrogens (primary N) is 1. The fourth-order valence-electron chi connectivity index (χ4n) is 2.78. The normalized spacial score (nSPS) is 22.8. The molecule has 0 radical (unpaired) electrons. The predicted molar refractivity (Wildman–Crippen MR) is 69.9 cm³/mol. The first-order valence-electron chi connectivity index (χ1n) is 6.62. The molecule has 0 amide bonds.